The van der Waals surface area contributed by atoms with Crippen LogP contribution < -0.4 is 9.80 Å². The first kappa shape index (κ1) is 19.1. The lowest BCUT2D eigenvalue weighted by Gasteiger charge is -2.57. The van der Waals surface area contributed by atoms with Gasteiger partial charge in [0.05, 0.1) is 0 Å². The molecule has 29 heavy (non-hydrogen) atoms. The number of aromatic nitrogens is 2. The number of nitrogens with zero attached hydrogens (tertiary/aromatic N) is 5. The highest BCUT2D eigenvalue weighted by molar-refractivity contribution is 5.77. The third kappa shape index (κ3) is 3.71. The normalized spacial score (nSPS) is 33.3. The maximum absolute atomic E-state index is 13.2. The van der Waals surface area contributed by atoms with Gasteiger partial charge in [-0.05, 0) is 68.6 Å². The van der Waals surface area contributed by atoms with Gasteiger partial charge in [0.1, 0.15) is 5.82 Å². The minimum Gasteiger partial charge on any atom is -0.363 e. The molecule has 0 radical (unpaired) electrons. The summed E-state index contributed by atoms with van der Waals surface area (Å²) in [5.41, 5.74) is 1.32. The van der Waals surface area contributed by atoms with Gasteiger partial charge in [-0.2, -0.15) is 4.98 Å². The molecule has 1 aliphatic heterocycles. The summed E-state index contributed by atoms with van der Waals surface area (Å²) in [6, 6.07) is 2.01. The van der Waals surface area contributed by atoms with Gasteiger partial charge in [-0.25, -0.2) is 4.98 Å². The number of carbonyl (C=O) groups excluding carboxylic acids is 1. The van der Waals surface area contributed by atoms with Crippen molar-refractivity contribution in [2.75, 3.05) is 50.1 Å². The van der Waals surface area contributed by atoms with Gasteiger partial charge in [0, 0.05) is 58.5 Å². The molecule has 1 saturated heterocycles. The summed E-state index contributed by atoms with van der Waals surface area (Å²) in [7, 11) is 4.01. The molecule has 6 heteroatoms. The molecule has 1 aromatic rings. The molecule has 158 valence electrons. The minimum absolute atomic E-state index is 0.337. The SMILES string of the molecule is Cc1cc(N(C)C)nc(N2CCN(C(=O)CC34CC5CC(CC(C5)C3)C4)CC2)n1. The second-order valence-electron chi connectivity index (χ2n) is 10.5. The van der Waals surface area contributed by atoms with Crippen LogP contribution >= 0.6 is 0 Å². The first-order chi connectivity index (χ1) is 13.9. The predicted octanol–water partition coefficient (Wildman–Crippen LogP) is 3.11. The van der Waals surface area contributed by atoms with Crippen LogP contribution in [0.4, 0.5) is 11.8 Å². The average molecular weight is 398 g/mol. The summed E-state index contributed by atoms with van der Waals surface area (Å²) in [5, 5.41) is 0. The van der Waals surface area contributed by atoms with Gasteiger partial charge in [-0.15, -0.1) is 0 Å². The standard InChI is InChI=1S/C23H35N5O/c1-16-8-20(26(2)3)25-22(24-16)28-6-4-27(5-7-28)21(29)15-23-12-17-9-18(13-23)11-19(10-17)14-23/h8,17-19H,4-7,9-15H2,1-3H3. The lowest BCUT2D eigenvalue weighted by molar-refractivity contribution is -0.139. The third-order valence-corrected chi connectivity index (χ3v) is 7.89. The number of piperazine rings is 1. The van der Waals surface area contributed by atoms with Crippen LogP contribution in [-0.4, -0.2) is 61.0 Å². The van der Waals surface area contributed by atoms with Crippen molar-refractivity contribution in [2.24, 2.45) is 23.2 Å². The Labute approximate surface area is 174 Å². The first-order valence-electron chi connectivity index (χ1n) is 11.4. The highest BCUT2D eigenvalue weighted by Crippen LogP contribution is 2.61. The monoisotopic (exact) mass is 397 g/mol. The Morgan fingerprint density at radius 3 is 2.17 bits per heavy atom. The fourth-order valence-corrected chi connectivity index (χ4v) is 7.00. The smallest absolute Gasteiger partial charge is 0.227 e. The van der Waals surface area contributed by atoms with Crippen molar-refractivity contribution >= 4 is 17.7 Å². The van der Waals surface area contributed by atoms with E-state index in [1.54, 1.807) is 0 Å². The van der Waals surface area contributed by atoms with Crippen molar-refractivity contribution in [2.45, 2.75) is 51.9 Å². The van der Waals surface area contributed by atoms with E-state index in [9.17, 15) is 4.79 Å². The van der Waals surface area contributed by atoms with E-state index in [1.807, 2.05) is 32.0 Å². The van der Waals surface area contributed by atoms with E-state index in [0.29, 0.717) is 11.3 Å². The Bertz CT molecular complexity index is 748. The third-order valence-electron chi connectivity index (χ3n) is 7.89. The lowest BCUT2D eigenvalue weighted by Crippen LogP contribution is -2.52. The summed E-state index contributed by atoms with van der Waals surface area (Å²) in [5.74, 6) is 4.86. The fraction of sp³-hybridized carbons (Fsp3) is 0.783. The molecule has 0 N–H and O–H groups in total. The van der Waals surface area contributed by atoms with Crippen molar-refractivity contribution in [3.8, 4) is 0 Å². The maximum Gasteiger partial charge on any atom is 0.227 e. The zero-order valence-electron chi connectivity index (χ0n) is 18.2. The van der Waals surface area contributed by atoms with E-state index in [0.717, 1.165) is 67.8 Å². The molecule has 0 atom stereocenters. The van der Waals surface area contributed by atoms with E-state index in [1.165, 1.54) is 38.5 Å². The zero-order valence-corrected chi connectivity index (χ0v) is 18.2. The van der Waals surface area contributed by atoms with Crippen LogP contribution in [0, 0.1) is 30.1 Å². The lowest BCUT2D eigenvalue weighted by atomic mass is 9.49. The molecule has 0 aromatic carbocycles. The number of carbonyl (C=O) groups is 1. The Hall–Kier alpha value is -1.85. The van der Waals surface area contributed by atoms with Gasteiger partial charge in [0.2, 0.25) is 11.9 Å². The number of hydrogen-bond donors (Lipinski definition) is 0. The summed E-state index contributed by atoms with van der Waals surface area (Å²) in [6.07, 6.45) is 9.06. The highest BCUT2D eigenvalue weighted by Gasteiger charge is 2.51. The molecule has 6 nitrogen and oxygen atoms in total. The molecule has 5 aliphatic rings. The van der Waals surface area contributed by atoms with Crippen molar-refractivity contribution < 1.29 is 4.79 Å². The van der Waals surface area contributed by atoms with Crippen LogP contribution in [0.2, 0.25) is 0 Å². The highest BCUT2D eigenvalue weighted by atomic mass is 16.2. The number of rotatable bonds is 4. The average Bonchev–Trinajstić information content (AvgIpc) is 2.66. The van der Waals surface area contributed by atoms with Crippen LogP contribution in [0.5, 0.6) is 0 Å². The summed E-state index contributed by atoms with van der Waals surface area (Å²) < 4.78 is 0. The van der Waals surface area contributed by atoms with E-state index in [4.69, 9.17) is 4.98 Å². The van der Waals surface area contributed by atoms with Crippen LogP contribution in [0.15, 0.2) is 6.07 Å². The molecule has 5 fully saturated rings. The van der Waals surface area contributed by atoms with E-state index in [-0.39, 0.29) is 0 Å². The molecule has 1 amide bonds. The fourth-order valence-electron chi connectivity index (χ4n) is 7.00. The molecule has 4 aliphatic carbocycles. The molecule has 4 bridgehead atoms. The molecule has 0 spiro atoms. The molecule has 4 saturated carbocycles. The topological polar surface area (TPSA) is 52.6 Å². The Morgan fingerprint density at radius 1 is 1.03 bits per heavy atom. The summed E-state index contributed by atoms with van der Waals surface area (Å²) in [6.45, 7) is 5.24. The minimum atomic E-state index is 0.337. The Balaban J connectivity index is 1.21. The van der Waals surface area contributed by atoms with Crippen molar-refractivity contribution in [1.29, 1.82) is 0 Å². The number of amides is 1. The summed E-state index contributed by atoms with van der Waals surface area (Å²) >= 11 is 0. The van der Waals surface area contributed by atoms with Crippen LogP contribution in [0.25, 0.3) is 0 Å². The van der Waals surface area contributed by atoms with Gasteiger partial charge >= 0.3 is 0 Å². The van der Waals surface area contributed by atoms with Crippen molar-refractivity contribution in [3.63, 3.8) is 0 Å². The second kappa shape index (κ2) is 7.13. The Morgan fingerprint density at radius 2 is 1.62 bits per heavy atom. The van der Waals surface area contributed by atoms with Gasteiger partial charge in [-0.3, -0.25) is 4.79 Å². The largest absolute Gasteiger partial charge is 0.363 e. The van der Waals surface area contributed by atoms with E-state index < -0.39 is 0 Å². The molecule has 1 aromatic heterocycles. The van der Waals surface area contributed by atoms with Gasteiger partial charge in [0.25, 0.3) is 0 Å². The molecular formula is C23H35N5O. The first-order valence-corrected chi connectivity index (χ1v) is 11.4. The number of hydrogen-bond acceptors (Lipinski definition) is 5. The van der Waals surface area contributed by atoms with E-state index in [2.05, 4.69) is 14.8 Å². The molecule has 6 rings (SSSR count). The Kier molecular flexibility index (Phi) is 4.71. The quantitative estimate of drug-likeness (QED) is 0.781. The molecule has 0 unspecified atom stereocenters. The second-order valence-corrected chi connectivity index (χ2v) is 10.5. The van der Waals surface area contributed by atoms with Crippen LogP contribution in [0.1, 0.15) is 50.6 Å². The number of aryl methyl sites for hydroxylation is 1. The number of anilines is 2. The molecule has 2 heterocycles. The maximum atomic E-state index is 13.2. The van der Waals surface area contributed by atoms with Gasteiger partial charge in [-0.1, -0.05) is 0 Å². The van der Waals surface area contributed by atoms with E-state index >= 15 is 0 Å². The zero-order chi connectivity index (χ0) is 20.2. The van der Waals surface area contributed by atoms with Crippen molar-refractivity contribution in [3.05, 3.63) is 11.8 Å². The molecular weight excluding hydrogens is 362 g/mol. The van der Waals surface area contributed by atoms with Crippen LogP contribution in [-0.2, 0) is 4.79 Å². The van der Waals surface area contributed by atoms with Crippen LogP contribution in [0.3, 0.4) is 0 Å². The van der Waals surface area contributed by atoms with Gasteiger partial charge in [0.15, 0.2) is 0 Å². The van der Waals surface area contributed by atoms with Crippen molar-refractivity contribution in [1.82, 2.24) is 14.9 Å². The van der Waals surface area contributed by atoms with Gasteiger partial charge < -0.3 is 14.7 Å². The predicted molar refractivity (Wildman–Crippen MR) is 115 cm³/mol. The summed E-state index contributed by atoms with van der Waals surface area (Å²) in [4.78, 5) is 28.9.